The van der Waals surface area contributed by atoms with Crippen LogP contribution in [0.25, 0.3) is 0 Å². The van der Waals surface area contributed by atoms with Crippen molar-refractivity contribution in [1.82, 2.24) is 15.5 Å². The summed E-state index contributed by atoms with van der Waals surface area (Å²) in [6.07, 6.45) is 4.01. The van der Waals surface area contributed by atoms with E-state index in [4.69, 9.17) is 9.15 Å². The smallest absolute Gasteiger partial charge is 0.191 e. The maximum Gasteiger partial charge on any atom is 0.191 e. The number of ether oxygens (including phenoxy) is 1. The number of nitrogens with zero attached hydrogens (tertiary/aromatic N) is 2. The Balaban J connectivity index is 0.00000341. The normalized spacial score (nSPS) is 17.5. The van der Waals surface area contributed by atoms with Gasteiger partial charge in [0.05, 0.1) is 26.0 Å². The van der Waals surface area contributed by atoms with Crippen molar-refractivity contribution in [3.05, 3.63) is 54.0 Å². The van der Waals surface area contributed by atoms with Crippen LogP contribution in [0.3, 0.4) is 0 Å². The van der Waals surface area contributed by atoms with E-state index in [1.807, 2.05) is 19.1 Å². The minimum Gasteiger partial charge on any atom is -0.497 e. The lowest BCUT2D eigenvalue weighted by atomic mass is 10.0. The summed E-state index contributed by atoms with van der Waals surface area (Å²) < 4.78 is 10.8. The molecule has 1 saturated heterocycles. The molecule has 1 fully saturated rings. The van der Waals surface area contributed by atoms with Crippen molar-refractivity contribution in [3.8, 4) is 5.75 Å². The largest absolute Gasteiger partial charge is 0.497 e. The topological polar surface area (TPSA) is 82.3 Å². The predicted molar refractivity (Wildman–Crippen MR) is 134 cm³/mol. The second-order valence-electron chi connectivity index (χ2n) is 7.86. The average Bonchev–Trinajstić information content (AvgIpc) is 3.47. The first-order chi connectivity index (χ1) is 14.5. The van der Waals surface area contributed by atoms with E-state index in [2.05, 4.69) is 32.7 Å². The molecule has 1 aromatic heterocycles. The maximum absolute atomic E-state index is 10.7. The van der Waals surface area contributed by atoms with E-state index in [1.165, 1.54) is 18.4 Å². The van der Waals surface area contributed by atoms with E-state index in [0.29, 0.717) is 18.3 Å². The van der Waals surface area contributed by atoms with Crippen LogP contribution in [-0.4, -0.2) is 55.8 Å². The minimum atomic E-state index is -1.16. The number of hydrogen-bond acceptors (Lipinski definition) is 5. The Hall–Kier alpha value is -1.78. The third kappa shape index (κ3) is 7.11. The fraction of sp³-hybridized carbons (Fsp3) is 0.522. The Labute approximate surface area is 202 Å². The molecule has 0 saturated carbocycles. The highest BCUT2D eigenvalue weighted by Gasteiger charge is 2.27. The van der Waals surface area contributed by atoms with E-state index >= 15 is 0 Å². The number of guanidine groups is 1. The molecule has 0 spiro atoms. The maximum atomic E-state index is 10.7. The fourth-order valence-corrected chi connectivity index (χ4v) is 3.79. The van der Waals surface area contributed by atoms with Crippen LogP contribution in [0, 0.1) is 0 Å². The third-order valence-electron chi connectivity index (χ3n) is 5.46. The van der Waals surface area contributed by atoms with Gasteiger partial charge >= 0.3 is 0 Å². The lowest BCUT2D eigenvalue weighted by Gasteiger charge is -2.29. The summed E-state index contributed by atoms with van der Waals surface area (Å²) >= 11 is 0. The van der Waals surface area contributed by atoms with Crippen LogP contribution in [0.4, 0.5) is 0 Å². The Morgan fingerprint density at radius 1 is 1.26 bits per heavy atom. The SMILES string of the molecule is CCNC(=NCC(C)(O)c1ccco1)NCC(c1cccc(OC)c1)N1CCCC1.I. The highest BCUT2D eigenvalue weighted by atomic mass is 127. The fourth-order valence-electron chi connectivity index (χ4n) is 3.79. The summed E-state index contributed by atoms with van der Waals surface area (Å²) in [7, 11) is 1.70. The monoisotopic (exact) mass is 542 g/mol. The van der Waals surface area contributed by atoms with Gasteiger partial charge in [-0.25, -0.2) is 4.99 Å². The molecule has 172 valence electrons. The molecule has 3 rings (SSSR count). The van der Waals surface area contributed by atoms with Crippen molar-refractivity contribution in [3.63, 3.8) is 0 Å². The summed E-state index contributed by atoms with van der Waals surface area (Å²) in [4.78, 5) is 7.11. The Kier molecular flexibility index (Phi) is 10.1. The molecular formula is C23H35IN4O3. The van der Waals surface area contributed by atoms with Crippen molar-refractivity contribution >= 4 is 29.9 Å². The minimum absolute atomic E-state index is 0. The highest BCUT2D eigenvalue weighted by Crippen LogP contribution is 2.27. The lowest BCUT2D eigenvalue weighted by Crippen LogP contribution is -2.43. The molecule has 31 heavy (non-hydrogen) atoms. The summed E-state index contributed by atoms with van der Waals surface area (Å²) in [5.41, 5.74) is 0.0645. The van der Waals surface area contributed by atoms with Crippen LogP contribution in [0.1, 0.15) is 44.1 Å². The van der Waals surface area contributed by atoms with Crippen molar-refractivity contribution in [2.45, 2.75) is 38.3 Å². The zero-order valence-electron chi connectivity index (χ0n) is 18.6. The molecule has 8 heteroatoms. The molecule has 0 aliphatic carbocycles. The number of methoxy groups -OCH3 is 1. The number of hydrogen-bond donors (Lipinski definition) is 3. The Morgan fingerprint density at radius 3 is 2.68 bits per heavy atom. The summed E-state index contributed by atoms with van der Waals surface area (Å²) in [6.45, 7) is 7.56. The van der Waals surface area contributed by atoms with Gasteiger partial charge in [0.1, 0.15) is 17.1 Å². The van der Waals surface area contributed by atoms with E-state index < -0.39 is 5.60 Å². The standard InChI is InChI=1S/C23H34N4O3.HI/c1-4-24-22(26-17-23(2,28)21-11-8-14-30-21)25-16-20(27-12-5-6-13-27)18-9-7-10-19(15-18)29-3;/h7-11,14-15,20,28H,4-6,12-13,16-17H2,1-3H3,(H2,24,25,26);1H. The zero-order valence-corrected chi connectivity index (χ0v) is 21.0. The number of furan rings is 1. The van der Waals surface area contributed by atoms with Crippen LogP contribution >= 0.6 is 24.0 Å². The van der Waals surface area contributed by atoms with Gasteiger partial charge in [0.2, 0.25) is 0 Å². The van der Waals surface area contributed by atoms with Gasteiger partial charge in [-0.1, -0.05) is 12.1 Å². The molecule has 0 amide bonds. The van der Waals surface area contributed by atoms with Gasteiger partial charge in [0.15, 0.2) is 5.96 Å². The van der Waals surface area contributed by atoms with Gasteiger partial charge in [-0.2, -0.15) is 0 Å². The van der Waals surface area contributed by atoms with E-state index in [0.717, 1.165) is 25.4 Å². The number of halogens is 1. The quantitative estimate of drug-likeness (QED) is 0.256. The zero-order chi connectivity index (χ0) is 21.4. The molecule has 0 bridgehead atoms. The molecule has 1 aliphatic heterocycles. The first kappa shape index (κ1) is 25.5. The number of aliphatic hydroxyl groups is 1. The third-order valence-corrected chi connectivity index (χ3v) is 5.46. The number of likely N-dealkylation sites (tertiary alicyclic amines) is 1. The second-order valence-corrected chi connectivity index (χ2v) is 7.86. The molecule has 2 unspecified atom stereocenters. The molecule has 1 aromatic carbocycles. The van der Waals surface area contributed by atoms with Crippen LogP contribution < -0.4 is 15.4 Å². The number of aliphatic imine (C=N–C) groups is 1. The van der Waals surface area contributed by atoms with Crippen molar-refractivity contribution in [1.29, 1.82) is 0 Å². The number of benzene rings is 1. The molecular weight excluding hydrogens is 507 g/mol. The van der Waals surface area contributed by atoms with Crippen molar-refractivity contribution < 1.29 is 14.3 Å². The summed E-state index contributed by atoms with van der Waals surface area (Å²) in [5, 5.41) is 17.4. The van der Waals surface area contributed by atoms with Crippen LogP contribution in [0.15, 0.2) is 52.1 Å². The first-order valence-electron chi connectivity index (χ1n) is 10.7. The molecule has 2 heterocycles. The van der Waals surface area contributed by atoms with Gasteiger partial charge in [-0.05, 0) is 69.6 Å². The van der Waals surface area contributed by atoms with Gasteiger partial charge in [0, 0.05) is 13.1 Å². The molecule has 3 N–H and O–H groups in total. The van der Waals surface area contributed by atoms with Crippen molar-refractivity contribution in [2.75, 3.05) is 39.8 Å². The summed E-state index contributed by atoms with van der Waals surface area (Å²) in [6, 6.07) is 12.0. The van der Waals surface area contributed by atoms with E-state index in [-0.39, 0.29) is 36.6 Å². The lowest BCUT2D eigenvalue weighted by molar-refractivity contribution is 0.0437. The van der Waals surface area contributed by atoms with Crippen LogP contribution in [0.5, 0.6) is 5.75 Å². The first-order valence-corrected chi connectivity index (χ1v) is 10.7. The number of rotatable bonds is 9. The molecule has 2 atom stereocenters. The predicted octanol–water partition coefficient (Wildman–Crippen LogP) is 3.51. The molecule has 0 radical (unpaired) electrons. The van der Waals surface area contributed by atoms with E-state index in [9.17, 15) is 5.11 Å². The molecule has 1 aliphatic rings. The Morgan fingerprint density at radius 2 is 2.03 bits per heavy atom. The molecule has 7 nitrogen and oxygen atoms in total. The summed E-state index contributed by atoms with van der Waals surface area (Å²) in [5.74, 6) is 2.05. The second kappa shape index (κ2) is 12.3. The Bertz CT molecular complexity index is 805. The van der Waals surface area contributed by atoms with Crippen LogP contribution in [0.2, 0.25) is 0 Å². The van der Waals surface area contributed by atoms with Gasteiger partial charge in [0.25, 0.3) is 0 Å². The van der Waals surface area contributed by atoms with Gasteiger partial charge in [-0.3, -0.25) is 4.90 Å². The van der Waals surface area contributed by atoms with E-state index in [1.54, 1.807) is 32.4 Å². The van der Waals surface area contributed by atoms with Crippen molar-refractivity contribution in [2.24, 2.45) is 4.99 Å². The van der Waals surface area contributed by atoms with Gasteiger partial charge < -0.3 is 24.9 Å². The molecule has 2 aromatic rings. The van der Waals surface area contributed by atoms with Gasteiger partial charge in [-0.15, -0.1) is 24.0 Å². The highest BCUT2D eigenvalue weighted by molar-refractivity contribution is 14.0. The number of nitrogens with one attached hydrogen (secondary N) is 2. The van der Waals surface area contributed by atoms with Crippen LogP contribution in [-0.2, 0) is 5.60 Å². The average molecular weight is 542 g/mol.